The highest BCUT2D eigenvalue weighted by molar-refractivity contribution is 5.21. The molecule has 0 N–H and O–H groups in total. The molecule has 0 saturated heterocycles. The molecule has 0 aliphatic heterocycles. The van der Waals surface area contributed by atoms with Crippen LogP contribution in [0.4, 0.5) is 0 Å². The van der Waals surface area contributed by atoms with E-state index in [1.165, 1.54) is 11.1 Å². The molecule has 0 aliphatic rings. The topological polar surface area (TPSA) is 0 Å². The SMILES string of the molecule is [CH-][N+](C)(C)Cc1cccc(C)c1. The van der Waals surface area contributed by atoms with E-state index in [4.69, 9.17) is 7.05 Å². The minimum absolute atomic E-state index is 0.490. The summed E-state index contributed by atoms with van der Waals surface area (Å²) in [4.78, 5) is 0. The van der Waals surface area contributed by atoms with Crippen LogP contribution in [0.2, 0.25) is 0 Å². The molecule has 1 aromatic rings. The highest BCUT2D eigenvalue weighted by Gasteiger charge is 2.01. The minimum atomic E-state index is 0.490. The zero-order valence-electron chi connectivity index (χ0n) is 8.04. The summed E-state index contributed by atoms with van der Waals surface area (Å²) < 4.78 is 0.490. The average Bonchev–Trinajstić information content (AvgIpc) is 1.82. The van der Waals surface area contributed by atoms with Gasteiger partial charge in [0.15, 0.2) is 0 Å². The Balaban J connectivity index is 2.77. The van der Waals surface area contributed by atoms with Crippen molar-refractivity contribution in [3.8, 4) is 0 Å². The monoisotopic (exact) mass is 162 g/mol. The molecule has 0 heterocycles. The number of nitrogens with zero attached hydrogens (tertiary/aromatic N) is 1. The standard InChI is InChI=1S/C11H16N/c1-10-6-5-7-11(8-10)9-12(2,3)4/h2,5-8H,9H2,1,3-4H3. The van der Waals surface area contributed by atoms with Crippen LogP contribution in [0.15, 0.2) is 24.3 Å². The maximum absolute atomic E-state index is 5.86. The smallest absolute Gasteiger partial charge is 0.0784 e. The van der Waals surface area contributed by atoms with Gasteiger partial charge in [-0.2, -0.15) is 0 Å². The van der Waals surface area contributed by atoms with Gasteiger partial charge in [-0.05, 0) is 6.92 Å². The van der Waals surface area contributed by atoms with Gasteiger partial charge in [0.2, 0.25) is 0 Å². The Hall–Kier alpha value is -0.820. The van der Waals surface area contributed by atoms with Crippen molar-refractivity contribution in [3.05, 3.63) is 42.4 Å². The Morgan fingerprint density at radius 3 is 2.50 bits per heavy atom. The van der Waals surface area contributed by atoms with Crippen molar-refractivity contribution < 1.29 is 4.48 Å². The molecule has 0 fully saturated rings. The van der Waals surface area contributed by atoms with Gasteiger partial charge in [-0.15, -0.1) is 0 Å². The Labute approximate surface area is 75.2 Å². The van der Waals surface area contributed by atoms with Crippen molar-refractivity contribution in [1.29, 1.82) is 0 Å². The van der Waals surface area contributed by atoms with Gasteiger partial charge in [0.25, 0.3) is 0 Å². The predicted molar refractivity (Wildman–Crippen MR) is 51.3 cm³/mol. The van der Waals surface area contributed by atoms with Crippen molar-refractivity contribution in [2.45, 2.75) is 13.5 Å². The Morgan fingerprint density at radius 2 is 2.00 bits per heavy atom. The van der Waals surface area contributed by atoms with Crippen LogP contribution in [0.5, 0.6) is 0 Å². The highest BCUT2D eigenvalue weighted by Crippen LogP contribution is 2.09. The van der Waals surface area contributed by atoms with Gasteiger partial charge in [-0.25, -0.2) is 7.05 Å². The summed E-state index contributed by atoms with van der Waals surface area (Å²) >= 11 is 0. The number of quaternary nitrogens is 1. The van der Waals surface area contributed by atoms with E-state index in [-0.39, 0.29) is 0 Å². The molecular weight excluding hydrogens is 146 g/mol. The Morgan fingerprint density at radius 1 is 1.33 bits per heavy atom. The van der Waals surface area contributed by atoms with Crippen molar-refractivity contribution in [3.63, 3.8) is 0 Å². The second-order valence-electron chi connectivity index (χ2n) is 3.93. The average molecular weight is 162 g/mol. The third kappa shape index (κ3) is 3.05. The summed E-state index contributed by atoms with van der Waals surface area (Å²) in [5.74, 6) is 0. The van der Waals surface area contributed by atoms with Crippen molar-refractivity contribution in [2.75, 3.05) is 14.1 Å². The van der Waals surface area contributed by atoms with Crippen LogP contribution in [-0.4, -0.2) is 18.6 Å². The number of rotatable bonds is 2. The second-order valence-corrected chi connectivity index (χ2v) is 3.93. The van der Waals surface area contributed by atoms with Gasteiger partial charge in [0.1, 0.15) is 0 Å². The molecule has 0 atom stereocenters. The van der Waals surface area contributed by atoms with E-state index in [0.717, 1.165) is 6.54 Å². The zero-order valence-corrected chi connectivity index (χ0v) is 8.04. The third-order valence-electron chi connectivity index (χ3n) is 1.67. The fraction of sp³-hybridized carbons (Fsp3) is 0.364. The number of aryl methyl sites for hydroxylation is 1. The van der Waals surface area contributed by atoms with E-state index in [1.807, 2.05) is 14.1 Å². The van der Waals surface area contributed by atoms with Gasteiger partial charge in [-0.3, -0.25) is 0 Å². The molecule has 0 aliphatic carbocycles. The zero-order chi connectivity index (χ0) is 9.19. The lowest BCUT2D eigenvalue weighted by molar-refractivity contribution is -0.859. The fourth-order valence-corrected chi connectivity index (χ4v) is 1.28. The fourth-order valence-electron chi connectivity index (χ4n) is 1.28. The molecule has 0 spiro atoms. The van der Waals surface area contributed by atoms with E-state index >= 15 is 0 Å². The molecule has 12 heavy (non-hydrogen) atoms. The van der Waals surface area contributed by atoms with Crippen LogP contribution < -0.4 is 0 Å². The molecule has 0 aromatic heterocycles. The van der Waals surface area contributed by atoms with Gasteiger partial charge in [0.05, 0.1) is 6.54 Å². The van der Waals surface area contributed by atoms with E-state index in [1.54, 1.807) is 0 Å². The van der Waals surface area contributed by atoms with E-state index in [0.29, 0.717) is 4.48 Å². The summed E-state index contributed by atoms with van der Waals surface area (Å²) in [7, 11) is 9.83. The molecule has 1 radical (unpaired) electrons. The van der Waals surface area contributed by atoms with Gasteiger partial charge in [0, 0.05) is 19.7 Å². The van der Waals surface area contributed by atoms with Crippen molar-refractivity contribution >= 4 is 0 Å². The predicted octanol–water partition coefficient (Wildman–Crippen LogP) is 2.24. The molecule has 1 aromatic carbocycles. The first-order valence-electron chi connectivity index (χ1n) is 4.14. The molecular formula is C11H16N. The maximum atomic E-state index is 5.86. The van der Waals surface area contributed by atoms with Crippen molar-refractivity contribution in [1.82, 2.24) is 0 Å². The summed E-state index contributed by atoms with van der Waals surface area (Å²) in [5.41, 5.74) is 2.59. The van der Waals surface area contributed by atoms with Crippen LogP contribution in [0.1, 0.15) is 11.1 Å². The third-order valence-corrected chi connectivity index (χ3v) is 1.67. The van der Waals surface area contributed by atoms with Crippen LogP contribution in [0, 0.1) is 14.0 Å². The molecule has 65 valence electrons. The first kappa shape index (κ1) is 9.27. The molecule has 0 bridgehead atoms. The molecule has 0 saturated carbocycles. The molecule has 0 unspecified atom stereocenters. The van der Waals surface area contributed by atoms with Crippen LogP contribution in [0.3, 0.4) is 0 Å². The van der Waals surface area contributed by atoms with Crippen molar-refractivity contribution in [2.24, 2.45) is 0 Å². The largest absolute Gasteiger partial charge is 0.478 e. The first-order valence-corrected chi connectivity index (χ1v) is 4.14. The quantitative estimate of drug-likeness (QED) is 0.462. The van der Waals surface area contributed by atoms with E-state index in [9.17, 15) is 0 Å². The second kappa shape index (κ2) is 3.28. The molecule has 1 heteroatoms. The normalized spacial score (nSPS) is 11.7. The highest BCUT2D eigenvalue weighted by atomic mass is 15.3. The van der Waals surface area contributed by atoms with Gasteiger partial charge < -0.3 is 4.48 Å². The van der Waals surface area contributed by atoms with E-state index < -0.39 is 0 Å². The number of hydrogen-bond acceptors (Lipinski definition) is 0. The summed E-state index contributed by atoms with van der Waals surface area (Å²) in [6, 6.07) is 8.45. The number of benzene rings is 1. The molecule has 1 rings (SSSR count). The lowest BCUT2D eigenvalue weighted by Crippen LogP contribution is -2.30. The molecule has 1 nitrogen and oxygen atoms in total. The van der Waals surface area contributed by atoms with Crippen LogP contribution in [-0.2, 0) is 6.54 Å². The lowest BCUT2D eigenvalue weighted by Gasteiger charge is -2.34. The first-order chi connectivity index (χ1) is 5.47. The maximum Gasteiger partial charge on any atom is 0.0784 e. The van der Waals surface area contributed by atoms with Gasteiger partial charge in [-0.1, -0.05) is 29.8 Å². The summed E-state index contributed by atoms with van der Waals surface area (Å²) in [5, 5.41) is 0. The summed E-state index contributed by atoms with van der Waals surface area (Å²) in [6.07, 6.45) is 0. The van der Waals surface area contributed by atoms with E-state index in [2.05, 4.69) is 31.2 Å². The van der Waals surface area contributed by atoms with Crippen LogP contribution in [0.25, 0.3) is 0 Å². The lowest BCUT2D eigenvalue weighted by atomic mass is 10.1. The number of hydrogen-bond donors (Lipinski definition) is 0. The molecule has 0 amide bonds. The Kier molecular flexibility index (Phi) is 2.53. The van der Waals surface area contributed by atoms with Crippen LogP contribution >= 0.6 is 0 Å². The minimum Gasteiger partial charge on any atom is -0.478 e. The Bertz CT molecular complexity index is 258. The van der Waals surface area contributed by atoms with Gasteiger partial charge >= 0.3 is 0 Å². The summed E-state index contributed by atoms with van der Waals surface area (Å²) in [6.45, 7) is 2.97.